The van der Waals surface area contributed by atoms with Crippen molar-refractivity contribution < 1.29 is 13.2 Å². The van der Waals surface area contributed by atoms with Crippen molar-refractivity contribution in [2.45, 2.75) is 70.5 Å². The van der Waals surface area contributed by atoms with E-state index < -0.39 is 12.6 Å². The third-order valence-electron chi connectivity index (χ3n) is 4.50. The Morgan fingerprint density at radius 2 is 2.00 bits per heavy atom. The molecule has 2 unspecified atom stereocenters. The summed E-state index contributed by atoms with van der Waals surface area (Å²) in [6.07, 6.45) is 0.802. The van der Waals surface area contributed by atoms with Gasteiger partial charge in [0.05, 0.1) is 0 Å². The first-order valence-electron chi connectivity index (χ1n) is 7.85. The van der Waals surface area contributed by atoms with E-state index in [9.17, 15) is 13.2 Å². The van der Waals surface area contributed by atoms with E-state index >= 15 is 0 Å². The lowest BCUT2D eigenvalue weighted by atomic mass is 9.75. The number of hydrogen-bond donors (Lipinski definition) is 1. The van der Waals surface area contributed by atoms with Gasteiger partial charge in [-0.25, -0.2) is 0 Å². The maximum Gasteiger partial charge on any atom is 0.389 e. The quantitative estimate of drug-likeness (QED) is 0.770. The summed E-state index contributed by atoms with van der Waals surface area (Å²) in [5, 5.41) is 0. The van der Waals surface area contributed by atoms with Gasteiger partial charge in [0.15, 0.2) is 0 Å². The highest BCUT2D eigenvalue weighted by Crippen LogP contribution is 2.36. The van der Waals surface area contributed by atoms with E-state index in [2.05, 4.69) is 18.7 Å². The molecule has 1 fully saturated rings. The van der Waals surface area contributed by atoms with Gasteiger partial charge in [-0.15, -0.1) is 0 Å². The van der Waals surface area contributed by atoms with Crippen LogP contribution in [-0.2, 0) is 0 Å². The molecule has 0 amide bonds. The summed E-state index contributed by atoms with van der Waals surface area (Å²) in [6.45, 7) is 6.22. The molecule has 20 heavy (non-hydrogen) atoms. The van der Waals surface area contributed by atoms with Gasteiger partial charge in [-0.2, -0.15) is 13.2 Å². The normalized spacial score (nSPS) is 28.1. The van der Waals surface area contributed by atoms with Crippen molar-refractivity contribution >= 4 is 0 Å². The fourth-order valence-electron chi connectivity index (χ4n) is 3.56. The molecule has 1 rings (SSSR count). The zero-order chi connectivity index (χ0) is 15.2. The smallest absolute Gasteiger partial charge is 0.329 e. The van der Waals surface area contributed by atoms with Crippen molar-refractivity contribution in [3.8, 4) is 0 Å². The Labute approximate surface area is 120 Å². The Bertz CT molecular complexity index is 281. The van der Waals surface area contributed by atoms with E-state index in [0.29, 0.717) is 19.0 Å². The average molecular weight is 294 g/mol. The highest BCUT2D eigenvalue weighted by Gasteiger charge is 2.39. The van der Waals surface area contributed by atoms with Crippen molar-refractivity contribution in [2.75, 3.05) is 19.6 Å². The molecule has 5 heteroatoms. The fourth-order valence-corrected chi connectivity index (χ4v) is 3.56. The summed E-state index contributed by atoms with van der Waals surface area (Å²) >= 11 is 0. The highest BCUT2D eigenvalue weighted by atomic mass is 19.4. The Hall–Kier alpha value is -0.290. The SMILES string of the molecule is CCCN(CCCC(F)(F)F)C1(CN)CCCC(C)C1. The van der Waals surface area contributed by atoms with Crippen LogP contribution in [0.3, 0.4) is 0 Å². The van der Waals surface area contributed by atoms with Crippen molar-refractivity contribution in [3.63, 3.8) is 0 Å². The minimum atomic E-state index is -4.05. The molecule has 1 aliphatic rings. The van der Waals surface area contributed by atoms with E-state index in [4.69, 9.17) is 5.73 Å². The van der Waals surface area contributed by atoms with Crippen LogP contribution in [0.5, 0.6) is 0 Å². The second-order valence-electron chi connectivity index (χ2n) is 6.34. The second-order valence-corrected chi connectivity index (χ2v) is 6.34. The van der Waals surface area contributed by atoms with Gasteiger partial charge in [0.2, 0.25) is 0 Å². The van der Waals surface area contributed by atoms with Crippen LogP contribution in [0.25, 0.3) is 0 Å². The summed E-state index contributed by atoms with van der Waals surface area (Å²) in [4.78, 5) is 2.24. The van der Waals surface area contributed by atoms with Crippen molar-refractivity contribution in [1.82, 2.24) is 4.90 Å². The molecule has 2 atom stereocenters. The zero-order valence-electron chi connectivity index (χ0n) is 12.8. The van der Waals surface area contributed by atoms with E-state index in [1.54, 1.807) is 0 Å². The molecule has 0 heterocycles. The summed E-state index contributed by atoms with van der Waals surface area (Å²) in [7, 11) is 0. The van der Waals surface area contributed by atoms with Crippen LogP contribution in [0, 0.1) is 5.92 Å². The topological polar surface area (TPSA) is 29.3 Å². The highest BCUT2D eigenvalue weighted by molar-refractivity contribution is 4.95. The number of rotatable bonds is 7. The Kier molecular flexibility index (Phi) is 6.79. The molecule has 0 aliphatic heterocycles. The number of nitrogens with two attached hydrogens (primary N) is 1. The van der Waals surface area contributed by atoms with Crippen molar-refractivity contribution in [3.05, 3.63) is 0 Å². The van der Waals surface area contributed by atoms with E-state index in [-0.39, 0.29) is 12.0 Å². The van der Waals surface area contributed by atoms with Gasteiger partial charge < -0.3 is 5.73 Å². The maximum atomic E-state index is 12.3. The first-order chi connectivity index (χ1) is 9.33. The number of nitrogens with zero attached hydrogens (tertiary/aromatic N) is 1. The summed E-state index contributed by atoms with van der Waals surface area (Å²) in [5.41, 5.74) is 5.96. The molecule has 0 aromatic rings. The van der Waals surface area contributed by atoms with Gasteiger partial charge >= 0.3 is 6.18 Å². The molecular weight excluding hydrogens is 265 g/mol. The molecule has 0 bridgehead atoms. The molecule has 2 N–H and O–H groups in total. The minimum Gasteiger partial charge on any atom is -0.329 e. The first-order valence-corrected chi connectivity index (χ1v) is 7.85. The Morgan fingerprint density at radius 3 is 2.50 bits per heavy atom. The van der Waals surface area contributed by atoms with Crippen LogP contribution >= 0.6 is 0 Å². The predicted octanol–water partition coefficient (Wildman–Crippen LogP) is 3.95. The van der Waals surface area contributed by atoms with Crippen LogP contribution in [0.15, 0.2) is 0 Å². The molecule has 0 aromatic carbocycles. The van der Waals surface area contributed by atoms with Crippen LogP contribution in [0.1, 0.15) is 58.8 Å². The largest absolute Gasteiger partial charge is 0.389 e. The van der Waals surface area contributed by atoms with Crippen LogP contribution in [0.2, 0.25) is 0 Å². The van der Waals surface area contributed by atoms with Gasteiger partial charge in [-0.1, -0.05) is 26.7 Å². The van der Waals surface area contributed by atoms with Crippen LogP contribution < -0.4 is 5.73 Å². The lowest BCUT2D eigenvalue weighted by Crippen LogP contribution is -2.56. The van der Waals surface area contributed by atoms with Gasteiger partial charge in [0.25, 0.3) is 0 Å². The van der Waals surface area contributed by atoms with Crippen LogP contribution in [-0.4, -0.2) is 36.2 Å². The molecule has 1 aliphatic carbocycles. The average Bonchev–Trinajstić information content (AvgIpc) is 2.36. The van der Waals surface area contributed by atoms with Crippen molar-refractivity contribution in [2.24, 2.45) is 11.7 Å². The van der Waals surface area contributed by atoms with Gasteiger partial charge in [0, 0.05) is 18.5 Å². The third kappa shape index (κ3) is 5.24. The monoisotopic (exact) mass is 294 g/mol. The summed E-state index contributed by atoms with van der Waals surface area (Å²) in [5.74, 6) is 0.620. The Balaban J connectivity index is 2.66. The standard InChI is InChI=1S/C15H29F3N2/c1-3-9-20(10-5-8-15(16,17)18)14(12-19)7-4-6-13(2)11-14/h13H,3-12,19H2,1-2H3. The first kappa shape index (κ1) is 17.8. The lowest BCUT2D eigenvalue weighted by molar-refractivity contribution is -0.137. The summed E-state index contributed by atoms with van der Waals surface area (Å²) in [6, 6.07) is 0. The minimum absolute atomic E-state index is 0.0702. The number of halogens is 3. The molecule has 0 saturated heterocycles. The fraction of sp³-hybridized carbons (Fsp3) is 1.00. The lowest BCUT2D eigenvalue weighted by Gasteiger charge is -2.48. The van der Waals surface area contributed by atoms with E-state index in [1.807, 2.05) is 0 Å². The molecule has 0 spiro atoms. The number of hydrogen-bond acceptors (Lipinski definition) is 2. The van der Waals surface area contributed by atoms with Crippen molar-refractivity contribution in [1.29, 1.82) is 0 Å². The molecule has 2 nitrogen and oxygen atoms in total. The van der Waals surface area contributed by atoms with Gasteiger partial charge in [0.1, 0.15) is 0 Å². The Morgan fingerprint density at radius 1 is 1.30 bits per heavy atom. The second kappa shape index (κ2) is 7.64. The molecular formula is C15H29F3N2. The molecule has 0 aromatic heterocycles. The number of alkyl halides is 3. The van der Waals surface area contributed by atoms with E-state index in [0.717, 1.165) is 32.2 Å². The third-order valence-corrected chi connectivity index (χ3v) is 4.50. The molecule has 1 saturated carbocycles. The van der Waals surface area contributed by atoms with Gasteiger partial charge in [-0.3, -0.25) is 4.90 Å². The zero-order valence-corrected chi connectivity index (χ0v) is 12.8. The summed E-state index contributed by atoms with van der Waals surface area (Å²) < 4.78 is 37.0. The molecule has 0 radical (unpaired) electrons. The predicted molar refractivity (Wildman–Crippen MR) is 76.6 cm³/mol. The maximum absolute atomic E-state index is 12.3. The van der Waals surface area contributed by atoms with Gasteiger partial charge in [-0.05, 0) is 44.7 Å². The molecule has 120 valence electrons. The van der Waals surface area contributed by atoms with E-state index in [1.165, 1.54) is 6.42 Å². The van der Waals surface area contributed by atoms with Crippen LogP contribution in [0.4, 0.5) is 13.2 Å².